The van der Waals surface area contributed by atoms with Crippen LogP contribution in [0.4, 0.5) is 0 Å². The van der Waals surface area contributed by atoms with Gasteiger partial charge in [-0.3, -0.25) is 0 Å². The molecule has 0 aliphatic heterocycles. The highest BCUT2D eigenvalue weighted by Crippen LogP contribution is 2.23. The molecule has 0 aliphatic rings. The maximum absolute atomic E-state index is 12.7. The van der Waals surface area contributed by atoms with Crippen LogP contribution >= 0.6 is 0 Å². The number of allylic oxidation sites excluding steroid dienone is 1. The van der Waals surface area contributed by atoms with Crippen LogP contribution in [0.1, 0.15) is 16.7 Å². The number of ether oxygens (including phenoxy) is 1. The first-order valence-electron chi connectivity index (χ1n) is 8.69. The molecule has 0 amide bonds. The van der Waals surface area contributed by atoms with Crippen molar-refractivity contribution < 1.29 is 13.2 Å². The summed E-state index contributed by atoms with van der Waals surface area (Å²) in [6, 6.07) is 24.8. The molecule has 0 spiro atoms. The molecule has 4 nitrogen and oxygen atoms in total. The lowest BCUT2D eigenvalue weighted by Crippen LogP contribution is -2.03. The molecule has 0 aliphatic carbocycles. The van der Waals surface area contributed by atoms with Gasteiger partial charge in [0.25, 0.3) is 0 Å². The Labute approximate surface area is 165 Å². The first-order valence-corrected chi connectivity index (χ1v) is 10.2. The van der Waals surface area contributed by atoms with Crippen LogP contribution in [0.15, 0.2) is 88.7 Å². The van der Waals surface area contributed by atoms with Crippen molar-refractivity contribution >= 4 is 15.9 Å². The zero-order valence-electron chi connectivity index (χ0n) is 15.4. The highest BCUT2D eigenvalue weighted by molar-refractivity contribution is 7.95. The minimum Gasteiger partial charge on any atom is -0.489 e. The molecule has 0 aromatic heterocycles. The molecule has 0 unspecified atom stereocenters. The normalized spacial score (nSPS) is 11.6. The lowest BCUT2D eigenvalue weighted by atomic mass is 10.1. The predicted molar refractivity (Wildman–Crippen MR) is 109 cm³/mol. The van der Waals surface area contributed by atoms with Crippen molar-refractivity contribution in [3.63, 3.8) is 0 Å². The van der Waals surface area contributed by atoms with Crippen molar-refractivity contribution in [3.05, 3.63) is 100 Å². The Kier molecular flexibility index (Phi) is 5.93. The molecule has 3 aromatic carbocycles. The van der Waals surface area contributed by atoms with Crippen molar-refractivity contribution in [2.45, 2.75) is 18.4 Å². The second-order valence-electron chi connectivity index (χ2n) is 6.28. The van der Waals surface area contributed by atoms with Gasteiger partial charge in [0.15, 0.2) is 0 Å². The van der Waals surface area contributed by atoms with Gasteiger partial charge in [0.05, 0.1) is 4.90 Å². The third-order valence-corrected chi connectivity index (χ3v) is 5.82. The van der Waals surface area contributed by atoms with Gasteiger partial charge >= 0.3 is 0 Å². The molecule has 0 N–H and O–H groups in total. The van der Waals surface area contributed by atoms with Crippen LogP contribution in [0.5, 0.6) is 5.75 Å². The molecule has 0 radical (unpaired) electrons. The highest BCUT2D eigenvalue weighted by atomic mass is 32.2. The van der Waals surface area contributed by atoms with Crippen LogP contribution < -0.4 is 4.74 Å². The van der Waals surface area contributed by atoms with Gasteiger partial charge in [-0.1, -0.05) is 60.2 Å². The second kappa shape index (κ2) is 8.55. The van der Waals surface area contributed by atoms with Gasteiger partial charge < -0.3 is 4.74 Å². The van der Waals surface area contributed by atoms with Crippen molar-refractivity contribution in [1.82, 2.24) is 0 Å². The molecule has 0 saturated heterocycles. The fraction of sp³-hybridized carbons (Fsp3) is 0.0870. The van der Waals surface area contributed by atoms with E-state index >= 15 is 0 Å². The minimum absolute atomic E-state index is 0.0922. The smallest absolute Gasteiger partial charge is 0.216 e. The van der Waals surface area contributed by atoms with E-state index in [0.29, 0.717) is 17.9 Å². The quantitative estimate of drug-likeness (QED) is 0.562. The van der Waals surface area contributed by atoms with Crippen LogP contribution in [-0.4, -0.2) is 8.42 Å². The van der Waals surface area contributed by atoms with E-state index < -0.39 is 9.84 Å². The van der Waals surface area contributed by atoms with Gasteiger partial charge in [-0.15, -0.1) is 0 Å². The number of rotatable bonds is 6. The van der Waals surface area contributed by atoms with Crippen LogP contribution in [0.2, 0.25) is 0 Å². The Balaban J connectivity index is 1.82. The van der Waals surface area contributed by atoms with Crippen LogP contribution in [0.25, 0.3) is 6.08 Å². The van der Waals surface area contributed by atoms with E-state index in [1.54, 1.807) is 48.5 Å². The Hall–Kier alpha value is -3.36. The van der Waals surface area contributed by atoms with Crippen LogP contribution in [-0.2, 0) is 16.4 Å². The molecule has 0 bridgehead atoms. The van der Waals surface area contributed by atoms with E-state index in [0.717, 1.165) is 5.56 Å². The van der Waals surface area contributed by atoms with Crippen molar-refractivity contribution in [1.29, 1.82) is 5.26 Å². The number of benzene rings is 3. The third kappa shape index (κ3) is 4.67. The van der Waals surface area contributed by atoms with Crippen LogP contribution in [0, 0.1) is 18.3 Å². The standard InChI is InChI=1S/C23H19NO3S/c1-18-10-12-19(13-11-18)17-27-21-7-5-6-20(14-21)15-23(16-24)28(25,26)22-8-3-2-4-9-22/h2-15H,17H2,1H3. The predicted octanol–water partition coefficient (Wildman–Crippen LogP) is 4.91. The average Bonchev–Trinajstić information content (AvgIpc) is 2.72. The summed E-state index contributed by atoms with van der Waals surface area (Å²) >= 11 is 0. The van der Waals surface area contributed by atoms with Gasteiger partial charge in [-0.25, -0.2) is 8.42 Å². The summed E-state index contributed by atoms with van der Waals surface area (Å²) in [5.74, 6) is 0.601. The molecule has 140 valence electrons. The van der Waals surface area contributed by atoms with Gasteiger partial charge in [-0.2, -0.15) is 5.26 Å². The highest BCUT2D eigenvalue weighted by Gasteiger charge is 2.20. The monoisotopic (exact) mass is 389 g/mol. The maximum Gasteiger partial charge on any atom is 0.216 e. The summed E-state index contributed by atoms with van der Waals surface area (Å²) in [6.45, 7) is 2.43. The third-order valence-electron chi connectivity index (χ3n) is 4.14. The summed E-state index contributed by atoms with van der Waals surface area (Å²) in [7, 11) is -3.86. The SMILES string of the molecule is Cc1ccc(COc2cccc(C=C(C#N)S(=O)(=O)c3ccccc3)c2)cc1. The number of nitriles is 1. The van der Waals surface area contributed by atoms with Crippen molar-refractivity contribution in [2.75, 3.05) is 0 Å². The molecule has 28 heavy (non-hydrogen) atoms. The van der Waals surface area contributed by atoms with E-state index in [2.05, 4.69) is 0 Å². The number of sulfone groups is 1. The maximum atomic E-state index is 12.7. The number of hydrogen-bond donors (Lipinski definition) is 0. The summed E-state index contributed by atoms with van der Waals surface area (Å²) in [4.78, 5) is -0.219. The van der Waals surface area contributed by atoms with Gasteiger partial charge in [0, 0.05) is 0 Å². The number of nitrogens with zero attached hydrogens (tertiary/aromatic N) is 1. The molecular formula is C23H19NO3S. The molecular weight excluding hydrogens is 370 g/mol. The molecule has 0 atom stereocenters. The molecule has 3 rings (SSSR count). The van der Waals surface area contributed by atoms with E-state index in [9.17, 15) is 13.7 Å². The average molecular weight is 389 g/mol. The molecule has 0 fully saturated rings. The molecule has 5 heteroatoms. The Morgan fingerprint density at radius 2 is 1.71 bits per heavy atom. The first-order chi connectivity index (χ1) is 13.5. The number of hydrogen-bond acceptors (Lipinski definition) is 4. The van der Waals surface area contributed by atoms with E-state index in [1.807, 2.05) is 31.2 Å². The second-order valence-corrected chi connectivity index (χ2v) is 8.20. The Bertz CT molecular complexity index is 1130. The summed E-state index contributed by atoms with van der Waals surface area (Å²) < 4.78 is 31.1. The lowest BCUT2D eigenvalue weighted by Gasteiger charge is -2.08. The lowest BCUT2D eigenvalue weighted by molar-refractivity contribution is 0.306. The van der Waals surface area contributed by atoms with Crippen molar-refractivity contribution in [2.24, 2.45) is 0 Å². The fourth-order valence-corrected chi connectivity index (χ4v) is 3.77. The van der Waals surface area contributed by atoms with E-state index in [-0.39, 0.29) is 9.80 Å². The molecule has 0 heterocycles. The Morgan fingerprint density at radius 3 is 2.39 bits per heavy atom. The molecule has 3 aromatic rings. The van der Waals surface area contributed by atoms with E-state index in [4.69, 9.17) is 4.74 Å². The zero-order chi connectivity index (χ0) is 20.0. The van der Waals surface area contributed by atoms with Gasteiger partial charge in [0.1, 0.15) is 23.3 Å². The number of aryl methyl sites for hydroxylation is 1. The minimum atomic E-state index is -3.86. The summed E-state index contributed by atoms with van der Waals surface area (Å²) in [5.41, 5.74) is 2.80. The summed E-state index contributed by atoms with van der Waals surface area (Å²) in [6.07, 6.45) is 1.36. The topological polar surface area (TPSA) is 67.2 Å². The summed E-state index contributed by atoms with van der Waals surface area (Å²) in [5, 5.41) is 9.40. The first kappa shape index (κ1) is 19.4. The van der Waals surface area contributed by atoms with Crippen LogP contribution in [0.3, 0.4) is 0 Å². The zero-order valence-corrected chi connectivity index (χ0v) is 16.2. The Morgan fingerprint density at radius 1 is 1.00 bits per heavy atom. The largest absolute Gasteiger partial charge is 0.489 e. The molecule has 0 saturated carbocycles. The van der Waals surface area contributed by atoms with Gasteiger partial charge in [-0.05, 0) is 48.4 Å². The van der Waals surface area contributed by atoms with Gasteiger partial charge in [0.2, 0.25) is 9.84 Å². The fourth-order valence-electron chi connectivity index (χ4n) is 2.59. The van der Waals surface area contributed by atoms with Crippen molar-refractivity contribution in [3.8, 4) is 11.8 Å². The van der Waals surface area contributed by atoms with E-state index in [1.165, 1.54) is 23.8 Å².